The first-order chi connectivity index (χ1) is 16.5. The Morgan fingerprint density at radius 3 is 2.47 bits per heavy atom. The number of thiocarbonyl (C=S) groups is 1. The number of nitrogens with one attached hydrogen (secondary N) is 2. The first-order valence-electron chi connectivity index (χ1n) is 11.5. The van der Waals surface area contributed by atoms with E-state index in [-0.39, 0.29) is 18.0 Å². The molecule has 0 spiro atoms. The van der Waals surface area contributed by atoms with Crippen LogP contribution in [-0.4, -0.2) is 66.7 Å². The van der Waals surface area contributed by atoms with Gasteiger partial charge >= 0.3 is 6.09 Å². The number of likely N-dealkylation sites (N-methyl/N-ethyl adjacent to an activating group) is 1. The number of ether oxygens (including phenoxy) is 1. The Morgan fingerprint density at radius 2 is 1.76 bits per heavy atom. The van der Waals surface area contributed by atoms with Crippen LogP contribution in [0.2, 0.25) is 0 Å². The number of hydrogen-bond donors (Lipinski definition) is 2. The summed E-state index contributed by atoms with van der Waals surface area (Å²) in [5.74, 6) is -0.195. The normalized spacial score (nSPS) is 18.5. The van der Waals surface area contributed by atoms with E-state index in [2.05, 4.69) is 10.6 Å². The molecule has 2 heterocycles. The predicted octanol–water partition coefficient (Wildman–Crippen LogP) is 2.91. The molecule has 2 aromatic carbocycles. The Hall–Kier alpha value is -3.46. The van der Waals surface area contributed by atoms with Crippen molar-refractivity contribution in [1.29, 1.82) is 0 Å². The minimum Gasteiger partial charge on any atom is -0.450 e. The van der Waals surface area contributed by atoms with Gasteiger partial charge < -0.3 is 25.2 Å². The average molecular weight is 480 g/mol. The van der Waals surface area contributed by atoms with E-state index in [1.165, 1.54) is 0 Å². The molecule has 2 aliphatic rings. The SMILES string of the molecule is CCOC(=O)N1CCC(NC(=S)NC2N=C(c3ccccc3)c3ccccc3N(C)C2=O)CC1. The van der Waals surface area contributed by atoms with Gasteiger partial charge in [-0.25, -0.2) is 9.79 Å². The second kappa shape index (κ2) is 10.6. The number of benzodiazepines with no additional fused rings is 1. The largest absolute Gasteiger partial charge is 0.450 e. The van der Waals surface area contributed by atoms with Crippen LogP contribution in [0.5, 0.6) is 0 Å². The molecule has 0 aromatic heterocycles. The van der Waals surface area contributed by atoms with Gasteiger partial charge in [-0.1, -0.05) is 48.5 Å². The number of nitrogens with zero attached hydrogens (tertiary/aromatic N) is 3. The standard InChI is InChI=1S/C25H29N5O3S/c1-3-33-25(32)30-15-13-18(14-16-30)26-24(34)28-22-23(31)29(2)20-12-8-7-11-19(20)21(27-22)17-9-5-4-6-10-17/h4-12,18,22H,3,13-16H2,1-2H3,(H2,26,28,34). The molecular weight excluding hydrogens is 450 g/mol. The number of aliphatic imine (C=N–C) groups is 1. The number of carbonyl (C=O) groups excluding carboxylic acids is 2. The third kappa shape index (κ3) is 5.20. The van der Waals surface area contributed by atoms with E-state index in [4.69, 9.17) is 21.9 Å². The van der Waals surface area contributed by atoms with Gasteiger partial charge in [0.2, 0.25) is 6.17 Å². The molecule has 2 amide bonds. The third-order valence-corrected chi connectivity index (χ3v) is 6.25. The van der Waals surface area contributed by atoms with Gasteiger partial charge in [0, 0.05) is 37.3 Å². The number of carbonyl (C=O) groups is 2. The molecule has 1 fully saturated rings. The summed E-state index contributed by atoms with van der Waals surface area (Å²) in [7, 11) is 1.75. The lowest BCUT2D eigenvalue weighted by Gasteiger charge is -2.32. The number of hydrogen-bond acceptors (Lipinski definition) is 5. The molecule has 1 atom stereocenters. The number of amides is 2. The Balaban J connectivity index is 1.49. The van der Waals surface area contributed by atoms with Gasteiger partial charge in [-0.05, 0) is 38.0 Å². The monoisotopic (exact) mass is 479 g/mol. The molecule has 2 N–H and O–H groups in total. The maximum atomic E-state index is 13.3. The van der Waals surface area contributed by atoms with E-state index in [1.807, 2.05) is 54.6 Å². The number of para-hydroxylation sites is 1. The van der Waals surface area contributed by atoms with E-state index >= 15 is 0 Å². The number of rotatable bonds is 4. The third-order valence-electron chi connectivity index (χ3n) is 6.01. The summed E-state index contributed by atoms with van der Waals surface area (Å²) in [4.78, 5) is 33.4. The summed E-state index contributed by atoms with van der Waals surface area (Å²) in [5, 5.41) is 6.77. The van der Waals surface area contributed by atoms with Crippen molar-refractivity contribution < 1.29 is 14.3 Å². The van der Waals surface area contributed by atoms with Gasteiger partial charge in [-0.15, -0.1) is 0 Å². The Kier molecular flexibility index (Phi) is 7.42. The lowest BCUT2D eigenvalue weighted by Crippen LogP contribution is -2.53. The molecule has 8 nitrogen and oxygen atoms in total. The fraction of sp³-hybridized carbons (Fsp3) is 0.360. The van der Waals surface area contributed by atoms with Crippen LogP contribution in [0.3, 0.4) is 0 Å². The van der Waals surface area contributed by atoms with Crippen LogP contribution in [0.4, 0.5) is 10.5 Å². The lowest BCUT2D eigenvalue weighted by molar-refractivity contribution is -0.119. The highest BCUT2D eigenvalue weighted by molar-refractivity contribution is 7.80. The number of fused-ring (bicyclic) bond motifs is 1. The molecule has 4 rings (SSSR count). The lowest BCUT2D eigenvalue weighted by atomic mass is 10.0. The molecule has 34 heavy (non-hydrogen) atoms. The van der Waals surface area contributed by atoms with Gasteiger partial charge in [-0.2, -0.15) is 0 Å². The molecule has 2 aromatic rings. The highest BCUT2D eigenvalue weighted by Gasteiger charge is 2.31. The van der Waals surface area contributed by atoms with Crippen molar-refractivity contribution in [3.05, 3.63) is 65.7 Å². The van der Waals surface area contributed by atoms with E-state index in [1.54, 1.807) is 23.8 Å². The summed E-state index contributed by atoms with van der Waals surface area (Å²) < 4.78 is 5.08. The second-order valence-corrected chi connectivity index (χ2v) is 8.65. The molecule has 0 saturated carbocycles. The van der Waals surface area contributed by atoms with Crippen molar-refractivity contribution in [2.75, 3.05) is 31.6 Å². The maximum Gasteiger partial charge on any atom is 0.409 e. The fourth-order valence-corrected chi connectivity index (χ4v) is 4.49. The van der Waals surface area contributed by atoms with E-state index < -0.39 is 6.17 Å². The summed E-state index contributed by atoms with van der Waals surface area (Å²) in [6.07, 6.45) is 0.329. The smallest absolute Gasteiger partial charge is 0.409 e. The zero-order chi connectivity index (χ0) is 24.1. The summed E-state index contributed by atoms with van der Waals surface area (Å²) >= 11 is 5.55. The van der Waals surface area contributed by atoms with E-state index in [0.717, 1.165) is 35.4 Å². The fourth-order valence-electron chi connectivity index (χ4n) is 4.21. The zero-order valence-corrected chi connectivity index (χ0v) is 20.2. The quantitative estimate of drug-likeness (QED) is 0.656. The summed E-state index contributed by atoms with van der Waals surface area (Å²) in [6.45, 7) is 3.35. The minimum atomic E-state index is -0.868. The highest BCUT2D eigenvalue weighted by atomic mass is 32.1. The molecule has 1 unspecified atom stereocenters. The number of anilines is 1. The van der Waals surface area contributed by atoms with Gasteiger partial charge in [0.15, 0.2) is 5.11 Å². The van der Waals surface area contributed by atoms with Gasteiger partial charge in [0.1, 0.15) is 0 Å². The van der Waals surface area contributed by atoms with Crippen molar-refractivity contribution >= 4 is 40.7 Å². The van der Waals surface area contributed by atoms with Gasteiger partial charge in [0.05, 0.1) is 18.0 Å². The predicted molar refractivity (Wildman–Crippen MR) is 136 cm³/mol. The van der Waals surface area contributed by atoms with Crippen LogP contribution in [-0.2, 0) is 9.53 Å². The minimum absolute atomic E-state index is 0.0963. The molecule has 1 saturated heterocycles. The maximum absolute atomic E-state index is 13.3. The molecular formula is C25H29N5O3S. The van der Waals surface area contributed by atoms with Crippen molar-refractivity contribution in [2.24, 2.45) is 4.99 Å². The molecule has 2 aliphatic heterocycles. The van der Waals surface area contributed by atoms with Crippen molar-refractivity contribution in [3.8, 4) is 0 Å². The Morgan fingerprint density at radius 1 is 1.09 bits per heavy atom. The van der Waals surface area contributed by atoms with Crippen molar-refractivity contribution in [1.82, 2.24) is 15.5 Å². The van der Waals surface area contributed by atoms with Crippen LogP contribution >= 0.6 is 12.2 Å². The van der Waals surface area contributed by atoms with E-state index in [0.29, 0.717) is 24.8 Å². The van der Waals surface area contributed by atoms with Crippen molar-refractivity contribution in [3.63, 3.8) is 0 Å². The number of likely N-dealkylation sites (tertiary alicyclic amines) is 1. The average Bonchev–Trinajstić information content (AvgIpc) is 2.96. The first-order valence-corrected chi connectivity index (χ1v) is 11.9. The molecule has 178 valence electrons. The first kappa shape index (κ1) is 23.7. The highest BCUT2D eigenvalue weighted by Crippen LogP contribution is 2.27. The second-order valence-electron chi connectivity index (χ2n) is 8.24. The molecule has 0 radical (unpaired) electrons. The van der Waals surface area contributed by atoms with Crippen LogP contribution in [0.15, 0.2) is 59.6 Å². The molecule has 9 heteroatoms. The van der Waals surface area contributed by atoms with E-state index in [9.17, 15) is 9.59 Å². The van der Waals surface area contributed by atoms with Crippen LogP contribution < -0.4 is 15.5 Å². The molecule has 0 bridgehead atoms. The Bertz CT molecular complexity index is 1080. The molecule has 0 aliphatic carbocycles. The van der Waals surface area contributed by atoms with Gasteiger partial charge in [0.25, 0.3) is 5.91 Å². The van der Waals surface area contributed by atoms with Crippen LogP contribution in [0, 0.1) is 0 Å². The van der Waals surface area contributed by atoms with Crippen LogP contribution in [0.25, 0.3) is 0 Å². The summed E-state index contributed by atoms with van der Waals surface area (Å²) in [5.41, 5.74) is 3.34. The summed E-state index contributed by atoms with van der Waals surface area (Å²) in [6, 6.07) is 17.7. The van der Waals surface area contributed by atoms with Gasteiger partial charge in [-0.3, -0.25) is 4.79 Å². The Labute approximate surface area is 205 Å². The number of benzene rings is 2. The zero-order valence-electron chi connectivity index (χ0n) is 19.4. The number of piperidine rings is 1. The topological polar surface area (TPSA) is 86.3 Å². The van der Waals surface area contributed by atoms with Crippen LogP contribution in [0.1, 0.15) is 30.9 Å². The van der Waals surface area contributed by atoms with Crippen molar-refractivity contribution in [2.45, 2.75) is 32.0 Å².